The molecule has 0 bridgehead atoms. The summed E-state index contributed by atoms with van der Waals surface area (Å²) in [7, 11) is 0. The molecule has 2 atom stereocenters. The Morgan fingerprint density at radius 1 is 1.44 bits per heavy atom. The maximum Gasteiger partial charge on any atom is 0.0796 e. The largest absolute Gasteiger partial charge is 0.301 e. The van der Waals surface area contributed by atoms with Crippen molar-refractivity contribution in [3.63, 3.8) is 0 Å². The second-order valence-electron chi connectivity index (χ2n) is 2.54. The summed E-state index contributed by atoms with van der Waals surface area (Å²) in [5.74, 6) is 0.742. The highest BCUT2D eigenvalue weighted by Crippen LogP contribution is 1.98. The number of halogens is 1. The lowest BCUT2D eigenvalue weighted by Gasteiger charge is -2.10. The zero-order chi connectivity index (χ0) is 7.28. The number of alkyl halides is 1. The van der Waals surface area contributed by atoms with Gasteiger partial charge in [-0.1, -0.05) is 20.3 Å². The van der Waals surface area contributed by atoms with Gasteiger partial charge < -0.3 is 5.32 Å². The van der Waals surface area contributed by atoms with E-state index in [4.69, 9.17) is 11.6 Å². The molecule has 2 unspecified atom stereocenters. The van der Waals surface area contributed by atoms with Crippen molar-refractivity contribution >= 4 is 11.6 Å². The van der Waals surface area contributed by atoms with Crippen molar-refractivity contribution in [3.8, 4) is 0 Å². The van der Waals surface area contributed by atoms with Crippen molar-refractivity contribution in [2.75, 3.05) is 6.54 Å². The molecule has 0 aliphatic carbocycles. The van der Waals surface area contributed by atoms with Gasteiger partial charge in [0, 0.05) is 0 Å². The minimum Gasteiger partial charge on any atom is -0.301 e. The van der Waals surface area contributed by atoms with E-state index in [1.54, 1.807) is 0 Å². The Kier molecular flexibility index (Phi) is 5.21. The molecule has 0 aromatic rings. The molecule has 0 saturated heterocycles. The highest BCUT2D eigenvalue weighted by atomic mass is 35.5. The first-order chi connectivity index (χ1) is 4.16. The van der Waals surface area contributed by atoms with E-state index in [0.717, 1.165) is 12.5 Å². The van der Waals surface area contributed by atoms with Crippen LogP contribution in [0.2, 0.25) is 0 Å². The molecule has 0 aliphatic heterocycles. The van der Waals surface area contributed by atoms with Crippen LogP contribution in [0.4, 0.5) is 0 Å². The van der Waals surface area contributed by atoms with Crippen molar-refractivity contribution in [1.29, 1.82) is 0 Å². The Labute approximate surface area is 62.8 Å². The summed E-state index contributed by atoms with van der Waals surface area (Å²) < 4.78 is 0. The smallest absolute Gasteiger partial charge is 0.0796 e. The summed E-state index contributed by atoms with van der Waals surface area (Å²) in [5.41, 5.74) is 0.110. The molecule has 1 nitrogen and oxygen atoms in total. The van der Waals surface area contributed by atoms with E-state index in [9.17, 15) is 0 Å². The monoisotopic (exact) mass is 149 g/mol. The molecular weight excluding hydrogens is 134 g/mol. The van der Waals surface area contributed by atoms with Crippen LogP contribution >= 0.6 is 11.6 Å². The van der Waals surface area contributed by atoms with E-state index in [-0.39, 0.29) is 5.50 Å². The van der Waals surface area contributed by atoms with E-state index in [1.165, 1.54) is 6.42 Å². The summed E-state index contributed by atoms with van der Waals surface area (Å²) in [6.45, 7) is 7.38. The van der Waals surface area contributed by atoms with Gasteiger partial charge in [0.25, 0.3) is 0 Å². The molecule has 0 amide bonds. The second-order valence-corrected chi connectivity index (χ2v) is 3.19. The van der Waals surface area contributed by atoms with E-state index in [2.05, 4.69) is 19.2 Å². The van der Waals surface area contributed by atoms with Gasteiger partial charge in [-0.25, -0.2) is 0 Å². The van der Waals surface area contributed by atoms with Crippen molar-refractivity contribution in [2.45, 2.75) is 32.7 Å². The molecule has 0 heterocycles. The van der Waals surface area contributed by atoms with Crippen LogP contribution in [0.25, 0.3) is 0 Å². The number of rotatable bonds is 4. The first-order valence-electron chi connectivity index (χ1n) is 3.54. The first kappa shape index (κ1) is 9.25. The van der Waals surface area contributed by atoms with Crippen LogP contribution in [0.3, 0.4) is 0 Å². The van der Waals surface area contributed by atoms with E-state index in [0.29, 0.717) is 0 Å². The normalized spacial score (nSPS) is 17.3. The van der Waals surface area contributed by atoms with Crippen molar-refractivity contribution < 1.29 is 0 Å². The summed E-state index contributed by atoms with van der Waals surface area (Å²) in [5, 5.41) is 3.16. The fourth-order valence-electron chi connectivity index (χ4n) is 0.508. The molecule has 9 heavy (non-hydrogen) atoms. The van der Waals surface area contributed by atoms with Crippen LogP contribution in [0, 0.1) is 5.92 Å². The van der Waals surface area contributed by atoms with Gasteiger partial charge in [-0.3, -0.25) is 0 Å². The summed E-state index contributed by atoms with van der Waals surface area (Å²) in [6, 6.07) is 0. The fraction of sp³-hybridized carbons (Fsp3) is 1.00. The molecule has 0 fully saturated rings. The minimum absolute atomic E-state index is 0.110. The third kappa shape index (κ3) is 6.13. The van der Waals surface area contributed by atoms with Gasteiger partial charge in [-0.05, 0) is 19.4 Å². The molecule has 0 aromatic carbocycles. The van der Waals surface area contributed by atoms with Crippen LogP contribution in [-0.2, 0) is 0 Å². The topological polar surface area (TPSA) is 12.0 Å². The minimum atomic E-state index is 0.110. The third-order valence-electron chi connectivity index (χ3n) is 1.44. The average molecular weight is 150 g/mol. The molecule has 0 aromatic heterocycles. The highest BCUT2D eigenvalue weighted by molar-refractivity contribution is 6.20. The fourth-order valence-corrected chi connectivity index (χ4v) is 0.597. The van der Waals surface area contributed by atoms with Crippen molar-refractivity contribution in [1.82, 2.24) is 5.32 Å². The Morgan fingerprint density at radius 3 is 2.33 bits per heavy atom. The summed E-state index contributed by atoms with van der Waals surface area (Å²) in [4.78, 5) is 0. The van der Waals surface area contributed by atoms with Crippen molar-refractivity contribution in [2.24, 2.45) is 5.92 Å². The predicted octanol–water partition coefficient (Wildman–Crippen LogP) is 2.21. The van der Waals surface area contributed by atoms with Crippen LogP contribution in [0.1, 0.15) is 27.2 Å². The van der Waals surface area contributed by atoms with E-state index >= 15 is 0 Å². The summed E-state index contributed by atoms with van der Waals surface area (Å²) in [6.07, 6.45) is 1.22. The maximum absolute atomic E-state index is 5.67. The Balaban J connectivity index is 3.06. The van der Waals surface area contributed by atoms with Gasteiger partial charge in [-0.15, -0.1) is 11.6 Å². The Bertz CT molecular complexity index is 63.9. The third-order valence-corrected chi connectivity index (χ3v) is 1.60. The van der Waals surface area contributed by atoms with Crippen LogP contribution in [0.5, 0.6) is 0 Å². The molecule has 2 heteroatoms. The van der Waals surface area contributed by atoms with Gasteiger partial charge in [-0.2, -0.15) is 0 Å². The van der Waals surface area contributed by atoms with Crippen molar-refractivity contribution in [3.05, 3.63) is 0 Å². The zero-order valence-corrected chi connectivity index (χ0v) is 7.20. The maximum atomic E-state index is 5.67. The zero-order valence-electron chi connectivity index (χ0n) is 6.45. The summed E-state index contributed by atoms with van der Waals surface area (Å²) >= 11 is 5.67. The molecule has 0 spiro atoms. The number of nitrogens with one attached hydrogen (secondary N) is 1. The van der Waals surface area contributed by atoms with Crippen LogP contribution in [-0.4, -0.2) is 12.0 Å². The Morgan fingerprint density at radius 2 is 2.00 bits per heavy atom. The quantitative estimate of drug-likeness (QED) is 0.478. The number of hydrogen-bond donors (Lipinski definition) is 1. The van der Waals surface area contributed by atoms with Gasteiger partial charge in [0.2, 0.25) is 0 Å². The van der Waals surface area contributed by atoms with Gasteiger partial charge >= 0.3 is 0 Å². The average Bonchev–Trinajstić information content (AvgIpc) is 1.83. The van der Waals surface area contributed by atoms with Crippen LogP contribution < -0.4 is 5.32 Å². The molecule has 1 N–H and O–H groups in total. The van der Waals surface area contributed by atoms with E-state index in [1.807, 2.05) is 6.92 Å². The number of hydrogen-bond acceptors (Lipinski definition) is 1. The molecule has 56 valence electrons. The molecule has 0 rings (SSSR count). The van der Waals surface area contributed by atoms with Gasteiger partial charge in [0.15, 0.2) is 0 Å². The lowest BCUT2D eigenvalue weighted by atomic mass is 10.1. The lowest BCUT2D eigenvalue weighted by Crippen LogP contribution is -2.25. The van der Waals surface area contributed by atoms with E-state index < -0.39 is 0 Å². The SMILES string of the molecule is CCC(C)CNC(C)Cl. The van der Waals surface area contributed by atoms with Gasteiger partial charge in [0.1, 0.15) is 0 Å². The highest BCUT2D eigenvalue weighted by Gasteiger charge is 1.98. The Hall–Kier alpha value is 0.250. The van der Waals surface area contributed by atoms with Crippen LogP contribution in [0.15, 0.2) is 0 Å². The molecule has 0 aliphatic rings. The standard InChI is InChI=1S/C7H16ClN/c1-4-6(2)5-9-7(3)8/h6-7,9H,4-5H2,1-3H3. The molecular formula is C7H16ClN. The first-order valence-corrected chi connectivity index (χ1v) is 3.98. The van der Waals surface area contributed by atoms with Gasteiger partial charge in [0.05, 0.1) is 5.50 Å². The predicted molar refractivity (Wildman–Crippen MR) is 42.8 cm³/mol. The molecule has 0 saturated carbocycles. The second kappa shape index (κ2) is 5.07. The lowest BCUT2D eigenvalue weighted by molar-refractivity contribution is 0.497. The molecule has 0 radical (unpaired) electrons.